The smallest absolute Gasteiger partial charge is 0.0571 e. The summed E-state index contributed by atoms with van der Waals surface area (Å²) in [6.07, 6.45) is 4.65. The molecule has 1 fully saturated rings. The van der Waals surface area contributed by atoms with Gasteiger partial charge in [-0.2, -0.15) is 0 Å². The number of anilines is 1. The number of hydrogen-bond acceptors (Lipinski definition) is 4. The number of aromatic nitrogens is 1. The fourth-order valence-electron chi connectivity index (χ4n) is 2.97. The van der Waals surface area contributed by atoms with Gasteiger partial charge in [-0.1, -0.05) is 6.92 Å². The summed E-state index contributed by atoms with van der Waals surface area (Å²) in [6, 6.07) is 5.31. The fraction of sp³-hybridized carbons (Fsp3) is 0.688. The maximum Gasteiger partial charge on any atom is 0.0571 e. The van der Waals surface area contributed by atoms with Gasteiger partial charge < -0.3 is 10.2 Å². The van der Waals surface area contributed by atoms with Gasteiger partial charge in [0.25, 0.3) is 0 Å². The topological polar surface area (TPSA) is 31.4 Å². The Morgan fingerprint density at radius 3 is 2.90 bits per heavy atom. The van der Waals surface area contributed by atoms with Crippen LogP contribution >= 0.6 is 0 Å². The van der Waals surface area contributed by atoms with E-state index in [9.17, 15) is 0 Å². The van der Waals surface area contributed by atoms with Crippen molar-refractivity contribution >= 4 is 5.69 Å². The highest BCUT2D eigenvalue weighted by Crippen LogP contribution is 2.21. The van der Waals surface area contributed by atoms with E-state index in [4.69, 9.17) is 0 Å². The molecule has 112 valence electrons. The number of nitrogens with zero attached hydrogens (tertiary/aromatic N) is 3. The Balaban J connectivity index is 1.97. The highest BCUT2D eigenvalue weighted by molar-refractivity contribution is 5.44. The first-order chi connectivity index (χ1) is 9.65. The lowest BCUT2D eigenvalue weighted by Gasteiger charge is -2.29. The molecule has 1 aromatic heterocycles. The molecule has 0 saturated carbocycles. The first-order valence-corrected chi connectivity index (χ1v) is 7.74. The van der Waals surface area contributed by atoms with Crippen LogP contribution in [0.3, 0.4) is 0 Å². The summed E-state index contributed by atoms with van der Waals surface area (Å²) in [5.41, 5.74) is 2.31. The SMILES string of the molecule is CCN1CCCC1CN(C)c1ccc(C(C)NC)nc1. The minimum absolute atomic E-state index is 0.305. The van der Waals surface area contributed by atoms with Crippen molar-refractivity contribution in [3.05, 3.63) is 24.0 Å². The van der Waals surface area contributed by atoms with Crippen LogP contribution in [-0.4, -0.2) is 49.7 Å². The van der Waals surface area contributed by atoms with Gasteiger partial charge in [0.1, 0.15) is 0 Å². The predicted molar refractivity (Wildman–Crippen MR) is 85.3 cm³/mol. The first-order valence-electron chi connectivity index (χ1n) is 7.74. The number of likely N-dealkylation sites (tertiary alicyclic amines) is 1. The molecule has 0 aliphatic carbocycles. The van der Waals surface area contributed by atoms with Gasteiger partial charge >= 0.3 is 0 Å². The number of pyridine rings is 1. The van der Waals surface area contributed by atoms with Gasteiger partial charge in [-0.3, -0.25) is 9.88 Å². The summed E-state index contributed by atoms with van der Waals surface area (Å²) in [4.78, 5) is 9.48. The van der Waals surface area contributed by atoms with Gasteiger partial charge in [0.15, 0.2) is 0 Å². The highest BCUT2D eigenvalue weighted by atomic mass is 15.2. The van der Waals surface area contributed by atoms with Crippen LogP contribution in [0.1, 0.15) is 38.4 Å². The van der Waals surface area contributed by atoms with Crippen molar-refractivity contribution in [3.8, 4) is 0 Å². The minimum atomic E-state index is 0.305. The van der Waals surface area contributed by atoms with Crippen LogP contribution in [-0.2, 0) is 0 Å². The van der Waals surface area contributed by atoms with Gasteiger partial charge in [-0.05, 0) is 52.0 Å². The summed E-state index contributed by atoms with van der Waals surface area (Å²) < 4.78 is 0. The Morgan fingerprint density at radius 2 is 2.30 bits per heavy atom. The Kier molecular flexibility index (Phi) is 5.38. The van der Waals surface area contributed by atoms with E-state index in [0.717, 1.165) is 18.8 Å². The molecule has 0 spiro atoms. The van der Waals surface area contributed by atoms with Crippen LogP contribution in [0.25, 0.3) is 0 Å². The van der Waals surface area contributed by atoms with Crippen LogP contribution in [0.15, 0.2) is 18.3 Å². The standard InChI is InChI=1S/C16H28N4/c1-5-20-10-6-7-15(20)12-19(4)14-8-9-16(18-11-14)13(2)17-3/h8-9,11,13,15,17H,5-7,10,12H2,1-4H3. The third-order valence-corrected chi connectivity index (χ3v) is 4.48. The van der Waals surface area contributed by atoms with E-state index in [-0.39, 0.29) is 0 Å². The third kappa shape index (κ3) is 3.49. The van der Waals surface area contributed by atoms with Crippen molar-refractivity contribution in [3.63, 3.8) is 0 Å². The van der Waals surface area contributed by atoms with Crippen molar-refractivity contribution in [2.24, 2.45) is 0 Å². The third-order valence-electron chi connectivity index (χ3n) is 4.48. The van der Waals surface area contributed by atoms with E-state index < -0.39 is 0 Å². The average Bonchev–Trinajstić information content (AvgIpc) is 2.93. The monoisotopic (exact) mass is 276 g/mol. The van der Waals surface area contributed by atoms with Gasteiger partial charge in [0, 0.05) is 25.7 Å². The number of rotatable bonds is 6. The zero-order valence-corrected chi connectivity index (χ0v) is 13.3. The molecule has 0 bridgehead atoms. The van der Waals surface area contributed by atoms with Gasteiger partial charge in [-0.25, -0.2) is 0 Å². The van der Waals surface area contributed by atoms with Gasteiger partial charge in [-0.15, -0.1) is 0 Å². The van der Waals surface area contributed by atoms with E-state index in [1.165, 1.54) is 25.1 Å². The molecular weight excluding hydrogens is 248 g/mol. The lowest BCUT2D eigenvalue weighted by molar-refractivity contribution is 0.270. The number of nitrogens with one attached hydrogen (secondary N) is 1. The second-order valence-electron chi connectivity index (χ2n) is 5.76. The highest BCUT2D eigenvalue weighted by Gasteiger charge is 2.24. The van der Waals surface area contributed by atoms with Gasteiger partial charge in [0.2, 0.25) is 0 Å². The fourth-order valence-corrected chi connectivity index (χ4v) is 2.97. The molecule has 2 unspecified atom stereocenters. The van der Waals surface area contributed by atoms with Crippen LogP contribution in [0.2, 0.25) is 0 Å². The molecule has 20 heavy (non-hydrogen) atoms. The van der Waals surface area contributed by atoms with Crippen LogP contribution < -0.4 is 10.2 Å². The predicted octanol–water partition coefficient (Wildman–Crippen LogP) is 2.28. The van der Waals surface area contributed by atoms with E-state index >= 15 is 0 Å². The van der Waals surface area contributed by atoms with E-state index in [1.807, 2.05) is 13.2 Å². The number of hydrogen-bond donors (Lipinski definition) is 1. The Bertz CT molecular complexity index is 403. The summed E-state index contributed by atoms with van der Waals surface area (Å²) in [5.74, 6) is 0. The molecule has 1 aromatic rings. The summed E-state index contributed by atoms with van der Waals surface area (Å²) in [6.45, 7) is 7.90. The molecule has 0 amide bonds. The van der Waals surface area contributed by atoms with Crippen molar-refractivity contribution in [2.75, 3.05) is 38.6 Å². The normalized spacial score (nSPS) is 21.1. The Hall–Kier alpha value is -1.13. The number of likely N-dealkylation sites (N-methyl/N-ethyl adjacent to an activating group) is 2. The van der Waals surface area contributed by atoms with Crippen molar-refractivity contribution in [1.29, 1.82) is 0 Å². The van der Waals surface area contributed by atoms with E-state index in [2.05, 4.69) is 53.1 Å². The lowest BCUT2D eigenvalue weighted by atomic mass is 10.2. The molecule has 2 heterocycles. The van der Waals surface area contributed by atoms with Crippen LogP contribution in [0, 0.1) is 0 Å². The zero-order valence-electron chi connectivity index (χ0n) is 13.3. The molecule has 1 N–H and O–H groups in total. The van der Waals surface area contributed by atoms with Crippen molar-refractivity contribution in [2.45, 2.75) is 38.8 Å². The molecule has 2 atom stereocenters. The molecule has 0 radical (unpaired) electrons. The summed E-state index contributed by atoms with van der Waals surface area (Å²) in [5, 5.41) is 3.22. The molecule has 2 rings (SSSR count). The Labute approximate surface area is 123 Å². The lowest BCUT2D eigenvalue weighted by Crippen LogP contribution is -2.38. The second kappa shape index (κ2) is 7.04. The molecule has 1 saturated heterocycles. The maximum absolute atomic E-state index is 4.57. The van der Waals surface area contributed by atoms with Crippen molar-refractivity contribution < 1.29 is 0 Å². The second-order valence-corrected chi connectivity index (χ2v) is 5.76. The van der Waals surface area contributed by atoms with Crippen LogP contribution in [0.5, 0.6) is 0 Å². The zero-order chi connectivity index (χ0) is 14.5. The minimum Gasteiger partial charge on any atom is -0.372 e. The van der Waals surface area contributed by atoms with Crippen molar-refractivity contribution in [1.82, 2.24) is 15.2 Å². The largest absolute Gasteiger partial charge is 0.372 e. The average molecular weight is 276 g/mol. The summed E-state index contributed by atoms with van der Waals surface area (Å²) in [7, 11) is 4.14. The van der Waals surface area contributed by atoms with Crippen LogP contribution in [0.4, 0.5) is 5.69 Å². The maximum atomic E-state index is 4.57. The molecule has 1 aliphatic rings. The quantitative estimate of drug-likeness (QED) is 0.864. The molecule has 4 heteroatoms. The van der Waals surface area contributed by atoms with E-state index in [0.29, 0.717) is 12.1 Å². The first kappa shape index (κ1) is 15.3. The molecule has 4 nitrogen and oxygen atoms in total. The van der Waals surface area contributed by atoms with Gasteiger partial charge in [0.05, 0.1) is 17.6 Å². The summed E-state index contributed by atoms with van der Waals surface area (Å²) >= 11 is 0. The molecular formula is C16H28N4. The Morgan fingerprint density at radius 1 is 1.50 bits per heavy atom. The molecule has 1 aliphatic heterocycles. The molecule has 0 aromatic carbocycles. The van der Waals surface area contributed by atoms with E-state index in [1.54, 1.807) is 0 Å².